The first-order valence-electron chi connectivity index (χ1n) is 11.1. The first kappa shape index (κ1) is 20.8. The van der Waals surface area contributed by atoms with Crippen LogP contribution >= 0.6 is 0 Å². The van der Waals surface area contributed by atoms with E-state index in [4.69, 9.17) is 9.47 Å². The number of carbonyl (C=O) groups is 2. The lowest BCUT2D eigenvalue weighted by molar-refractivity contribution is -0.140. The summed E-state index contributed by atoms with van der Waals surface area (Å²) in [5, 5.41) is 10.4. The highest BCUT2D eigenvalue weighted by atomic mass is 16.5. The lowest BCUT2D eigenvalue weighted by atomic mass is 9.95. The number of H-pyrrole nitrogens is 1. The zero-order valence-electron chi connectivity index (χ0n) is 18.7. The van der Waals surface area contributed by atoms with Crippen LogP contribution < -0.4 is 14.8 Å². The molecule has 2 N–H and O–H groups in total. The van der Waals surface area contributed by atoms with Gasteiger partial charge in [-0.2, -0.15) is 5.10 Å². The average molecular weight is 440 g/mol. The number of methoxy groups -OCH3 is 2. The van der Waals surface area contributed by atoms with E-state index in [9.17, 15) is 9.59 Å². The van der Waals surface area contributed by atoms with E-state index in [0.717, 1.165) is 50.0 Å². The summed E-state index contributed by atoms with van der Waals surface area (Å²) in [6.07, 6.45) is 3.67. The molecule has 1 aliphatic carbocycles. The van der Waals surface area contributed by atoms with E-state index in [-0.39, 0.29) is 23.3 Å². The lowest BCUT2D eigenvalue weighted by Crippen LogP contribution is -2.43. The van der Waals surface area contributed by atoms with Crippen molar-refractivity contribution in [3.63, 3.8) is 0 Å². The van der Waals surface area contributed by atoms with Gasteiger partial charge in [-0.25, -0.2) is 0 Å². The molecule has 1 saturated heterocycles. The van der Waals surface area contributed by atoms with E-state index < -0.39 is 0 Å². The minimum absolute atomic E-state index is 0.0745. The van der Waals surface area contributed by atoms with E-state index in [2.05, 4.69) is 27.5 Å². The molecule has 5 rings (SSSR count). The van der Waals surface area contributed by atoms with E-state index in [1.165, 1.54) is 7.11 Å². The van der Waals surface area contributed by atoms with Crippen LogP contribution in [0.1, 0.15) is 47.3 Å². The number of piperidine rings is 1. The minimum Gasteiger partial charge on any atom is -0.493 e. The highest BCUT2D eigenvalue weighted by Gasteiger charge is 2.59. The van der Waals surface area contributed by atoms with E-state index in [1.807, 2.05) is 4.90 Å². The predicted molar refractivity (Wildman–Crippen MR) is 118 cm³/mol. The number of hydrogen-bond donors (Lipinski definition) is 2. The Hall–Kier alpha value is -3.07. The molecule has 3 heterocycles. The van der Waals surface area contributed by atoms with Crippen molar-refractivity contribution in [3.05, 3.63) is 35.0 Å². The van der Waals surface area contributed by atoms with Crippen molar-refractivity contribution < 1.29 is 19.1 Å². The molecule has 0 radical (unpaired) electrons. The lowest BCUT2D eigenvalue weighted by Gasteiger charge is -2.33. The largest absolute Gasteiger partial charge is 0.493 e. The molecule has 1 saturated carbocycles. The third kappa shape index (κ3) is 3.31. The topological polar surface area (TPSA) is 99.8 Å². The number of anilines is 1. The maximum atomic E-state index is 13.4. The molecule has 170 valence electrons. The van der Waals surface area contributed by atoms with Gasteiger partial charge in [0.15, 0.2) is 17.3 Å². The third-order valence-electron chi connectivity index (χ3n) is 7.10. The molecule has 1 aromatic heterocycles. The van der Waals surface area contributed by atoms with Crippen molar-refractivity contribution in [1.82, 2.24) is 20.0 Å². The maximum Gasteiger partial charge on any atom is 0.257 e. The summed E-state index contributed by atoms with van der Waals surface area (Å²) in [6, 6.07) is 5.02. The quantitative estimate of drug-likeness (QED) is 0.742. The first-order valence-corrected chi connectivity index (χ1v) is 11.1. The second kappa shape index (κ2) is 7.81. The fourth-order valence-corrected chi connectivity index (χ4v) is 5.01. The summed E-state index contributed by atoms with van der Waals surface area (Å²) >= 11 is 0. The molecule has 2 aliphatic heterocycles. The highest BCUT2D eigenvalue weighted by molar-refractivity contribution is 6.04. The molecular weight excluding hydrogens is 410 g/mol. The van der Waals surface area contributed by atoms with Gasteiger partial charge in [-0.15, -0.1) is 0 Å². The summed E-state index contributed by atoms with van der Waals surface area (Å²) in [6.45, 7) is 2.39. The minimum atomic E-state index is -0.287. The fraction of sp³-hybridized carbons (Fsp3) is 0.522. The Morgan fingerprint density at radius 1 is 1.16 bits per heavy atom. The van der Waals surface area contributed by atoms with Crippen LogP contribution in [-0.2, 0) is 16.9 Å². The molecule has 2 fully saturated rings. The van der Waals surface area contributed by atoms with Gasteiger partial charge in [-0.05, 0) is 64.0 Å². The van der Waals surface area contributed by atoms with E-state index in [0.29, 0.717) is 29.4 Å². The van der Waals surface area contributed by atoms with Crippen LogP contribution in [-0.4, -0.2) is 66.2 Å². The standard InChI is InChI=1S/C23H29N5O4/c1-27-10-6-14(7-11-27)22(30)28-13-16-19(23(28)8-9-23)25-26-20(16)24-21(29)15-4-5-17(31-2)18(12-15)32-3/h4-5,12,14H,6-11,13H2,1-3H3,(H2,24,25,26,29). The molecular formula is C23H29N5O4. The molecule has 1 spiro atoms. The van der Waals surface area contributed by atoms with E-state index >= 15 is 0 Å². The van der Waals surface area contributed by atoms with Crippen LogP contribution in [0.3, 0.4) is 0 Å². The van der Waals surface area contributed by atoms with Crippen molar-refractivity contribution in [2.75, 3.05) is 39.7 Å². The number of benzene rings is 1. The SMILES string of the molecule is COc1ccc(C(=O)Nc2n[nH]c3c2CN(C(=O)C2CCN(C)CC2)C32CC2)cc1OC. The van der Waals surface area contributed by atoms with Gasteiger partial charge in [0.05, 0.1) is 32.0 Å². The number of hydrogen-bond acceptors (Lipinski definition) is 6. The summed E-state index contributed by atoms with van der Waals surface area (Å²) in [4.78, 5) is 30.6. The number of aromatic amines is 1. The van der Waals surface area contributed by atoms with Crippen LogP contribution in [0.5, 0.6) is 11.5 Å². The summed E-state index contributed by atoms with van der Waals surface area (Å²) in [7, 11) is 5.19. The number of fused-ring (bicyclic) bond motifs is 2. The number of amides is 2. The monoisotopic (exact) mass is 439 g/mol. The van der Waals surface area contributed by atoms with Gasteiger partial charge in [0.1, 0.15) is 0 Å². The normalized spacial score (nSPS) is 19.7. The van der Waals surface area contributed by atoms with Crippen LogP contribution in [0.15, 0.2) is 18.2 Å². The Morgan fingerprint density at radius 3 is 2.53 bits per heavy atom. The Bertz CT molecular complexity index is 1050. The number of carbonyl (C=O) groups excluding carboxylic acids is 2. The Kier molecular flexibility index (Phi) is 5.08. The Morgan fingerprint density at radius 2 is 1.88 bits per heavy atom. The van der Waals surface area contributed by atoms with Gasteiger partial charge in [-0.3, -0.25) is 14.7 Å². The number of nitrogens with one attached hydrogen (secondary N) is 2. The first-order chi connectivity index (χ1) is 15.5. The molecule has 0 bridgehead atoms. The predicted octanol–water partition coefficient (Wildman–Crippen LogP) is 2.35. The number of nitrogens with zero attached hydrogens (tertiary/aromatic N) is 3. The van der Waals surface area contributed by atoms with Crippen LogP contribution in [0.4, 0.5) is 5.82 Å². The summed E-state index contributed by atoms with van der Waals surface area (Å²) in [5.74, 6) is 1.56. The van der Waals surface area contributed by atoms with E-state index in [1.54, 1.807) is 25.3 Å². The molecule has 2 aromatic rings. The van der Waals surface area contributed by atoms with Crippen LogP contribution in [0.2, 0.25) is 0 Å². The van der Waals surface area contributed by atoms with Crippen LogP contribution in [0, 0.1) is 5.92 Å². The number of ether oxygens (including phenoxy) is 2. The van der Waals surface area contributed by atoms with Gasteiger partial charge < -0.3 is 24.6 Å². The molecule has 9 nitrogen and oxygen atoms in total. The van der Waals surface area contributed by atoms with Crippen LogP contribution in [0.25, 0.3) is 0 Å². The Labute approximate surface area is 187 Å². The fourth-order valence-electron chi connectivity index (χ4n) is 5.01. The maximum absolute atomic E-state index is 13.4. The van der Waals surface area contributed by atoms with Crippen molar-refractivity contribution >= 4 is 17.6 Å². The molecule has 32 heavy (non-hydrogen) atoms. The van der Waals surface area contributed by atoms with Gasteiger partial charge in [0.25, 0.3) is 5.91 Å². The number of rotatable bonds is 5. The zero-order valence-corrected chi connectivity index (χ0v) is 18.7. The van der Waals surface area contributed by atoms with Crippen molar-refractivity contribution in [3.8, 4) is 11.5 Å². The molecule has 0 atom stereocenters. The second-order valence-corrected chi connectivity index (χ2v) is 8.98. The average Bonchev–Trinajstić information content (AvgIpc) is 3.41. The van der Waals surface area contributed by atoms with Crippen molar-refractivity contribution in [2.24, 2.45) is 5.92 Å². The van der Waals surface area contributed by atoms with Gasteiger partial charge in [0.2, 0.25) is 5.91 Å². The highest BCUT2D eigenvalue weighted by Crippen LogP contribution is 2.57. The molecule has 3 aliphatic rings. The van der Waals surface area contributed by atoms with Gasteiger partial charge in [0, 0.05) is 17.0 Å². The molecule has 1 aromatic carbocycles. The van der Waals surface area contributed by atoms with Crippen molar-refractivity contribution in [1.29, 1.82) is 0 Å². The third-order valence-corrected chi connectivity index (χ3v) is 7.10. The Balaban J connectivity index is 1.34. The van der Waals surface area contributed by atoms with Gasteiger partial charge in [-0.1, -0.05) is 0 Å². The number of likely N-dealkylation sites (tertiary alicyclic amines) is 1. The molecule has 2 amide bonds. The summed E-state index contributed by atoms with van der Waals surface area (Å²) < 4.78 is 10.5. The molecule has 9 heteroatoms. The second-order valence-electron chi connectivity index (χ2n) is 8.98. The summed E-state index contributed by atoms with van der Waals surface area (Å²) in [5.41, 5.74) is 2.06. The zero-order chi connectivity index (χ0) is 22.5. The van der Waals surface area contributed by atoms with Crippen molar-refractivity contribution in [2.45, 2.75) is 37.8 Å². The number of aromatic nitrogens is 2. The molecule has 0 unspecified atom stereocenters. The smallest absolute Gasteiger partial charge is 0.257 e. The van der Waals surface area contributed by atoms with Gasteiger partial charge >= 0.3 is 0 Å².